The normalized spacial score (nSPS) is 12.5. The van der Waals surface area contributed by atoms with Crippen LogP contribution in [-0.2, 0) is 13.1 Å². The van der Waals surface area contributed by atoms with Crippen LogP contribution < -0.4 is 20.3 Å². The van der Waals surface area contributed by atoms with E-state index in [0.29, 0.717) is 35.0 Å². The van der Waals surface area contributed by atoms with E-state index >= 15 is 0 Å². The van der Waals surface area contributed by atoms with Crippen molar-refractivity contribution in [2.75, 3.05) is 6.79 Å². The Morgan fingerprint density at radius 1 is 1.03 bits per heavy atom. The summed E-state index contributed by atoms with van der Waals surface area (Å²) in [5.41, 5.74) is 2.59. The summed E-state index contributed by atoms with van der Waals surface area (Å²) in [7, 11) is 0. The molecule has 1 aliphatic rings. The number of ether oxygens (including phenoxy) is 2. The molecule has 1 aromatic carbocycles. The average molecular weight is 442 g/mol. The van der Waals surface area contributed by atoms with Crippen LogP contribution in [0.25, 0.3) is 16.7 Å². The van der Waals surface area contributed by atoms with Crippen LogP contribution in [0, 0.1) is 0 Å². The molecule has 0 saturated heterocycles. The highest BCUT2D eigenvalue weighted by molar-refractivity contribution is 5.91. The zero-order valence-corrected chi connectivity index (χ0v) is 17.4. The zero-order valence-electron chi connectivity index (χ0n) is 17.4. The van der Waals surface area contributed by atoms with Gasteiger partial charge in [-0.25, -0.2) is 4.98 Å². The number of carbonyl (C=O) groups excluding carboxylic acids is 1. The van der Waals surface area contributed by atoms with E-state index < -0.39 is 0 Å². The molecule has 0 aliphatic carbocycles. The van der Waals surface area contributed by atoms with Crippen LogP contribution in [0.5, 0.6) is 11.5 Å². The maximum atomic E-state index is 13.1. The van der Waals surface area contributed by atoms with Gasteiger partial charge in [0.05, 0.1) is 12.1 Å². The van der Waals surface area contributed by atoms with E-state index in [9.17, 15) is 9.59 Å². The summed E-state index contributed by atoms with van der Waals surface area (Å²) in [6.07, 6.45) is 3.48. The third kappa shape index (κ3) is 3.30. The highest BCUT2D eigenvalue weighted by Gasteiger charge is 2.17. The summed E-state index contributed by atoms with van der Waals surface area (Å²) in [6, 6.07) is 16.1. The molecule has 9 nitrogen and oxygen atoms in total. The Morgan fingerprint density at radius 3 is 2.85 bits per heavy atom. The van der Waals surface area contributed by atoms with Gasteiger partial charge in [-0.2, -0.15) is 0 Å². The molecule has 9 heteroatoms. The lowest BCUT2D eigenvalue weighted by Gasteiger charge is -2.10. The first-order chi connectivity index (χ1) is 16.2. The Morgan fingerprint density at radius 2 is 1.91 bits per heavy atom. The van der Waals surface area contributed by atoms with E-state index in [1.165, 1.54) is 0 Å². The number of nitrogens with zero attached hydrogens (tertiary/aromatic N) is 3. The van der Waals surface area contributed by atoms with Gasteiger partial charge in [0.15, 0.2) is 22.9 Å². The quantitative estimate of drug-likeness (QED) is 0.449. The monoisotopic (exact) mass is 442 g/mol. The van der Waals surface area contributed by atoms with Gasteiger partial charge in [-0.05, 0) is 54.1 Å². The summed E-state index contributed by atoms with van der Waals surface area (Å²) in [5, 5.41) is 2.83. The number of hydrogen-bond donors (Lipinski definition) is 1. The van der Waals surface area contributed by atoms with Crippen LogP contribution in [0.2, 0.25) is 0 Å². The molecule has 0 fully saturated rings. The second-order valence-electron chi connectivity index (χ2n) is 7.64. The smallest absolute Gasteiger partial charge is 0.287 e. The minimum atomic E-state index is -0.351. The van der Waals surface area contributed by atoms with Gasteiger partial charge in [0.25, 0.3) is 11.5 Å². The first kappa shape index (κ1) is 19.2. The van der Waals surface area contributed by atoms with Crippen LogP contribution in [-0.4, -0.2) is 26.7 Å². The van der Waals surface area contributed by atoms with Crippen molar-refractivity contribution >= 4 is 22.6 Å². The SMILES string of the molecule is O=C(NCc1ccc2c(c1)OCO2)c1ccc(Cn2c(=O)c3cccn3c3cccnc32)o1. The Balaban J connectivity index is 1.23. The standard InChI is InChI=1S/C24H18N4O5/c29-23(26-12-15-5-7-19-21(11-15)32-14-31-19)20-8-6-16(33-20)13-28-22-17(3-1-9-25-22)27-10-2-4-18(27)24(28)30/h1-11H,12-14H2,(H,26,29). The van der Waals surface area contributed by atoms with E-state index in [4.69, 9.17) is 13.9 Å². The van der Waals surface area contributed by atoms with Crippen molar-refractivity contribution < 1.29 is 18.7 Å². The number of furan rings is 1. The maximum Gasteiger partial charge on any atom is 0.287 e. The van der Waals surface area contributed by atoms with Gasteiger partial charge in [-0.1, -0.05) is 6.07 Å². The van der Waals surface area contributed by atoms with Crippen molar-refractivity contribution in [2.45, 2.75) is 13.1 Å². The Kier molecular flexibility index (Phi) is 4.39. The number of fused-ring (bicyclic) bond motifs is 4. The number of amides is 1. The Hall–Kier alpha value is -4.53. The van der Waals surface area contributed by atoms with Crippen LogP contribution in [0.15, 0.2) is 76.2 Å². The number of aromatic nitrogens is 3. The molecular weight excluding hydrogens is 424 g/mol. The molecule has 33 heavy (non-hydrogen) atoms. The summed E-state index contributed by atoms with van der Waals surface area (Å²) in [4.78, 5) is 30.0. The third-order valence-corrected chi connectivity index (χ3v) is 5.58. The van der Waals surface area contributed by atoms with Gasteiger partial charge in [-0.3, -0.25) is 14.2 Å². The van der Waals surface area contributed by atoms with Gasteiger partial charge in [0.1, 0.15) is 11.3 Å². The molecule has 0 unspecified atom stereocenters. The lowest BCUT2D eigenvalue weighted by Crippen LogP contribution is -2.24. The van der Waals surface area contributed by atoms with Crippen molar-refractivity contribution in [3.05, 3.63) is 94.4 Å². The molecule has 0 spiro atoms. The molecule has 0 bridgehead atoms. The van der Waals surface area contributed by atoms with Crippen LogP contribution in [0.1, 0.15) is 21.9 Å². The number of carbonyl (C=O) groups is 1. The van der Waals surface area contributed by atoms with Crippen molar-refractivity contribution in [1.29, 1.82) is 0 Å². The highest BCUT2D eigenvalue weighted by Crippen LogP contribution is 2.32. The third-order valence-electron chi connectivity index (χ3n) is 5.58. The topological polar surface area (TPSA) is 100 Å². The predicted octanol–water partition coefficient (Wildman–Crippen LogP) is 2.95. The van der Waals surface area contributed by atoms with Gasteiger partial charge >= 0.3 is 0 Å². The van der Waals surface area contributed by atoms with Crippen molar-refractivity contribution in [3.63, 3.8) is 0 Å². The molecule has 0 atom stereocenters. The van der Waals surface area contributed by atoms with Crippen molar-refractivity contribution in [2.24, 2.45) is 0 Å². The molecule has 5 aromatic rings. The molecule has 0 saturated carbocycles. The fraction of sp³-hybridized carbons (Fsp3) is 0.125. The summed E-state index contributed by atoms with van der Waals surface area (Å²) >= 11 is 0. The molecule has 1 amide bonds. The fourth-order valence-electron chi connectivity index (χ4n) is 3.99. The van der Waals surface area contributed by atoms with Crippen LogP contribution in [0.4, 0.5) is 0 Å². The van der Waals surface area contributed by atoms with Crippen molar-refractivity contribution in [1.82, 2.24) is 19.3 Å². The molecular formula is C24H18N4O5. The van der Waals surface area contributed by atoms with E-state index in [0.717, 1.165) is 11.1 Å². The molecule has 5 heterocycles. The number of rotatable bonds is 5. The van der Waals surface area contributed by atoms with Gasteiger partial charge in [0.2, 0.25) is 6.79 Å². The number of nitrogens with one attached hydrogen (secondary N) is 1. The maximum absolute atomic E-state index is 13.1. The van der Waals surface area contributed by atoms with Gasteiger partial charge in [0, 0.05) is 18.9 Å². The number of pyridine rings is 1. The second kappa shape index (κ2) is 7.56. The van der Waals surface area contributed by atoms with E-state index in [-0.39, 0.29) is 30.6 Å². The number of benzene rings is 1. The first-order valence-corrected chi connectivity index (χ1v) is 10.4. The fourth-order valence-corrected chi connectivity index (χ4v) is 3.99. The molecule has 164 valence electrons. The molecule has 6 rings (SSSR count). The largest absolute Gasteiger partial charge is 0.454 e. The van der Waals surface area contributed by atoms with Gasteiger partial charge in [-0.15, -0.1) is 0 Å². The Bertz CT molecular complexity index is 1580. The van der Waals surface area contributed by atoms with Crippen LogP contribution in [0.3, 0.4) is 0 Å². The van der Waals surface area contributed by atoms with E-state index in [2.05, 4.69) is 10.3 Å². The molecule has 1 aliphatic heterocycles. The summed E-state index contributed by atoms with van der Waals surface area (Å²) in [6.45, 7) is 0.666. The predicted molar refractivity (Wildman–Crippen MR) is 119 cm³/mol. The lowest BCUT2D eigenvalue weighted by molar-refractivity contribution is 0.0921. The highest BCUT2D eigenvalue weighted by atomic mass is 16.7. The van der Waals surface area contributed by atoms with Crippen molar-refractivity contribution in [3.8, 4) is 11.5 Å². The average Bonchev–Trinajstić information content (AvgIpc) is 3.60. The first-order valence-electron chi connectivity index (χ1n) is 10.4. The Labute approximate surface area is 186 Å². The lowest BCUT2D eigenvalue weighted by atomic mass is 10.2. The minimum absolute atomic E-state index is 0.156. The van der Waals surface area contributed by atoms with Gasteiger partial charge < -0.3 is 23.6 Å². The molecule has 1 N–H and O–H groups in total. The zero-order chi connectivity index (χ0) is 22.4. The molecule has 0 radical (unpaired) electrons. The summed E-state index contributed by atoms with van der Waals surface area (Å²) in [5.74, 6) is 1.65. The number of hydrogen-bond acceptors (Lipinski definition) is 6. The molecule has 4 aromatic heterocycles. The van der Waals surface area contributed by atoms with E-state index in [1.807, 2.05) is 47.0 Å². The second-order valence-corrected chi connectivity index (χ2v) is 7.64. The minimum Gasteiger partial charge on any atom is -0.454 e. The van der Waals surface area contributed by atoms with E-state index in [1.54, 1.807) is 29.0 Å². The van der Waals surface area contributed by atoms with Crippen LogP contribution >= 0.6 is 0 Å². The summed E-state index contributed by atoms with van der Waals surface area (Å²) < 4.78 is 19.8.